The second-order valence-electron chi connectivity index (χ2n) is 6.80. The van der Waals surface area contributed by atoms with Crippen LogP contribution in [0, 0.1) is 12.7 Å². The Hall–Kier alpha value is -3.44. The van der Waals surface area contributed by atoms with Crippen molar-refractivity contribution in [2.45, 2.75) is 13.1 Å². The van der Waals surface area contributed by atoms with E-state index in [0.29, 0.717) is 5.56 Å². The first-order valence-electron chi connectivity index (χ1n) is 9.01. The topological polar surface area (TPSA) is 58.4 Å². The Morgan fingerprint density at radius 2 is 1.82 bits per heavy atom. The maximum atomic E-state index is 13.6. The smallest absolute Gasteiger partial charge is 0.269 e. The summed E-state index contributed by atoms with van der Waals surface area (Å²) in [5, 5.41) is 6.25. The van der Waals surface area contributed by atoms with Crippen LogP contribution < -0.4 is 21.6 Å². The molecule has 5 heteroatoms. The maximum absolute atomic E-state index is 13.6. The fourth-order valence-corrected chi connectivity index (χ4v) is 3.33. The number of nitrogens with two attached hydrogens (primary N) is 1. The Morgan fingerprint density at radius 3 is 2.61 bits per heavy atom. The summed E-state index contributed by atoms with van der Waals surface area (Å²) >= 11 is 0. The van der Waals surface area contributed by atoms with Gasteiger partial charge in [-0.3, -0.25) is 9.80 Å². The Balaban J connectivity index is 1.65. The van der Waals surface area contributed by atoms with Crippen LogP contribution in [0.15, 0.2) is 66.7 Å². The average Bonchev–Trinajstić information content (AvgIpc) is 2.74. The lowest BCUT2D eigenvalue weighted by Crippen LogP contribution is -2.53. The van der Waals surface area contributed by atoms with E-state index < -0.39 is 6.17 Å². The molecule has 3 N–H and O–H groups in total. The zero-order valence-electron chi connectivity index (χ0n) is 15.4. The van der Waals surface area contributed by atoms with E-state index in [1.165, 1.54) is 11.1 Å². The normalized spacial score (nSPS) is 14.9. The molecule has 1 atom stereocenters. The van der Waals surface area contributed by atoms with Crippen molar-refractivity contribution in [3.05, 3.63) is 94.1 Å². The summed E-state index contributed by atoms with van der Waals surface area (Å²) in [7, 11) is 0. The second-order valence-corrected chi connectivity index (χ2v) is 6.80. The first kappa shape index (κ1) is 17.9. The van der Waals surface area contributed by atoms with E-state index in [-0.39, 0.29) is 11.7 Å². The number of hydrogen-bond acceptors (Lipinski definition) is 3. The van der Waals surface area contributed by atoms with Gasteiger partial charge in [0.15, 0.2) is 0 Å². The van der Waals surface area contributed by atoms with Crippen LogP contribution in [0.4, 0.5) is 4.39 Å². The van der Waals surface area contributed by atoms with Crippen molar-refractivity contribution in [2.24, 2.45) is 5.84 Å². The zero-order chi connectivity index (χ0) is 19.7. The number of nitrogens with zero attached hydrogens (tertiary/aromatic N) is 1. The molecule has 0 bridgehead atoms. The summed E-state index contributed by atoms with van der Waals surface area (Å²) in [4.78, 5) is 12.6. The van der Waals surface area contributed by atoms with Gasteiger partial charge in [-0.15, -0.1) is 0 Å². The maximum Gasteiger partial charge on any atom is 0.269 e. The Kier molecular flexibility index (Phi) is 4.67. The Bertz CT molecular complexity index is 1160. The highest BCUT2D eigenvalue weighted by atomic mass is 19.1. The van der Waals surface area contributed by atoms with Gasteiger partial charge in [-0.05, 0) is 70.5 Å². The van der Waals surface area contributed by atoms with Gasteiger partial charge in [0.2, 0.25) is 0 Å². The second kappa shape index (κ2) is 7.29. The highest BCUT2D eigenvalue weighted by Crippen LogP contribution is 2.22. The largest absolute Gasteiger partial charge is 0.366 e. The summed E-state index contributed by atoms with van der Waals surface area (Å²) in [5.74, 6) is 5.54. The van der Waals surface area contributed by atoms with E-state index in [4.69, 9.17) is 5.84 Å². The third-order valence-corrected chi connectivity index (χ3v) is 4.90. The van der Waals surface area contributed by atoms with Gasteiger partial charge < -0.3 is 5.32 Å². The van der Waals surface area contributed by atoms with Crippen LogP contribution in [-0.4, -0.2) is 17.1 Å². The van der Waals surface area contributed by atoms with E-state index in [9.17, 15) is 9.18 Å². The van der Waals surface area contributed by atoms with E-state index >= 15 is 0 Å². The van der Waals surface area contributed by atoms with Crippen molar-refractivity contribution < 1.29 is 9.18 Å². The predicted octanol–water partition coefficient (Wildman–Crippen LogP) is 2.27. The fourth-order valence-electron chi connectivity index (χ4n) is 3.33. The molecule has 0 fully saturated rings. The molecule has 1 amide bonds. The molecule has 0 aliphatic carbocycles. The van der Waals surface area contributed by atoms with Crippen LogP contribution >= 0.6 is 0 Å². The van der Waals surface area contributed by atoms with Gasteiger partial charge in [0, 0.05) is 11.8 Å². The molecular formula is C23H20FN3O. The number of carbonyl (C=O) groups excluding carboxylic acids is 1. The quantitative estimate of drug-likeness (QED) is 0.421. The first-order valence-corrected chi connectivity index (χ1v) is 9.01. The van der Waals surface area contributed by atoms with Crippen molar-refractivity contribution in [3.8, 4) is 11.1 Å². The van der Waals surface area contributed by atoms with Crippen molar-refractivity contribution in [1.82, 2.24) is 10.3 Å². The van der Waals surface area contributed by atoms with Crippen LogP contribution in [0.3, 0.4) is 0 Å². The standard InChI is InChI=1S/C23H20FN3O/c1-15-7-10-20(24)13-21(15)18-9-8-17-12-22(26-14-19(17)11-18)27(25)23(28)16-5-3-2-4-6-16/h2-14,22,26H,25H2,1H3. The van der Waals surface area contributed by atoms with Gasteiger partial charge in [0.25, 0.3) is 5.91 Å². The van der Waals surface area contributed by atoms with Gasteiger partial charge in [0.05, 0.1) is 0 Å². The molecule has 0 spiro atoms. The van der Waals surface area contributed by atoms with Crippen LogP contribution in [-0.2, 0) is 0 Å². The van der Waals surface area contributed by atoms with E-state index in [2.05, 4.69) is 5.32 Å². The highest BCUT2D eigenvalue weighted by Gasteiger charge is 2.20. The van der Waals surface area contributed by atoms with Gasteiger partial charge in [-0.1, -0.05) is 36.4 Å². The third kappa shape index (κ3) is 3.40. The molecule has 1 heterocycles. The summed E-state index contributed by atoms with van der Waals surface area (Å²) in [6.45, 7) is 1.96. The predicted molar refractivity (Wildman–Crippen MR) is 108 cm³/mol. The number of aryl methyl sites for hydroxylation is 1. The lowest BCUT2D eigenvalue weighted by molar-refractivity contribution is 0.0711. The van der Waals surface area contributed by atoms with Crippen LogP contribution in [0.25, 0.3) is 23.4 Å². The minimum atomic E-state index is -0.457. The lowest BCUT2D eigenvalue weighted by Gasteiger charge is -2.27. The van der Waals surface area contributed by atoms with E-state index in [1.807, 2.05) is 43.5 Å². The fraction of sp³-hybridized carbons (Fsp3) is 0.0870. The summed E-state index contributed by atoms with van der Waals surface area (Å²) in [5.41, 5.74) is 3.33. The van der Waals surface area contributed by atoms with E-state index in [0.717, 1.165) is 27.1 Å². The highest BCUT2D eigenvalue weighted by molar-refractivity contribution is 5.94. The molecule has 0 radical (unpaired) electrons. The monoisotopic (exact) mass is 373 g/mol. The number of benzene rings is 3. The average molecular weight is 373 g/mol. The van der Waals surface area contributed by atoms with Gasteiger partial charge in [0.1, 0.15) is 12.0 Å². The minimum absolute atomic E-state index is 0.259. The van der Waals surface area contributed by atoms with Gasteiger partial charge >= 0.3 is 0 Å². The van der Waals surface area contributed by atoms with Crippen molar-refractivity contribution in [2.75, 3.05) is 0 Å². The van der Waals surface area contributed by atoms with Gasteiger partial charge in [-0.2, -0.15) is 0 Å². The summed E-state index contributed by atoms with van der Waals surface area (Å²) in [6.07, 6.45) is 3.27. The minimum Gasteiger partial charge on any atom is -0.366 e. The number of rotatable bonds is 3. The SMILES string of the molecule is Cc1ccc(F)cc1-c1ccc2c(c1)=CNC(N(N)C(=O)c1ccccc1)C=2. The van der Waals surface area contributed by atoms with Crippen LogP contribution in [0.1, 0.15) is 15.9 Å². The molecule has 3 aromatic carbocycles. The Morgan fingerprint density at radius 1 is 1.04 bits per heavy atom. The molecule has 1 unspecified atom stereocenters. The van der Waals surface area contributed by atoms with Crippen LogP contribution in [0.5, 0.6) is 0 Å². The zero-order valence-corrected chi connectivity index (χ0v) is 15.4. The molecule has 140 valence electrons. The molecular weight excluding hydrogens is 353 g/mol. The molecule has 1 aliphatic rings. The number of halogens is 1. The van der Waals surface area contributed by atoms with E-state index in [1.54, 1.807) is 36.4 Å². The van der Waals surface area contributed by atoms with Crippen LogP contribution in [0.2, 0.25) is 0 Å². The molecule has 4 rings (SSSR count). The summed E-state index contributed by atoms with van der Waals surface area (Å²) in [6, 6.07) is 19.6. The third-order valence-electron chi connectivity index (χ3n) is 4.90. The number of fused-ring (bicyclic) bond motifs is 1. The first-order chi connectivity index (χ1) is 13.5. The van der Waals surface area contributed by atoms with Crippen molar-refractivity contribution in [3.63, 3.8) is 0 Å². The number of amides is 1. The molecule has 1 aliphatic heterocycles. The van der Waals surface area contributed by atoms with Crippen molar-refractivity contribution >= 4 is 18.2 Å². The molecule has 28 heavy (non-hydrogen) atoms. The summed E-state index contributed by atoms with van der Waals surface area (Å²) < 4.78 is 13.6. The lowest BCUT2D eigenvalue weighted by atomic mass is 9.99. The number of carbonyl (C=O) groups is 1. The molecule has 0 saturated heterocycles. The number of hydrazine groups is 1. The number of hydrogen-bond donors (Lipinski definition) is 2. The number of nitrogens with one attached hydrogen (secondary N) is 1. The molecule has 0 aromatic heterocycles. The molecule has 4 nitrogen and oxygen atoms in total. The Labute approximate surface area is 162 Å². The molecule has 3 aromatic rings. The van der Waals surface area contributed by atoms with Gasteiger partial charge in [-0.25, -0.2) is 10.2 Å². The van der Waals surface area contributed by atoms with Crippen molar-refractivity contribution in [1.29, 1.82) is 0 Å². The molecule has 0 saturated carbocycles.